The Morgan fingerprint density at radius 2 is 1.92 bits per heavy atom. The summed E-state index contributed by atoms with van der Waals surface area (Å²) in [7, 11) is 0.239. The third kappa shape index (κ3) is 4.96. The van der Waals surface area contributed by atoms with Gasteiger partial charge in [0, 0.05) is 38.6 Å². The first-order chi connectivity index (χ1) is 11.9. The van der Waals surface area contributed by atoms with E-state index in [1.165, 1.54) is 11.3 Å². The quantitative estimate of drug-likeness (QED) is 0.691. The Hall–Kier alpha value is -1.57. The number of sulfone groups is 1. The number of benzene rings is 1. The number of anilines is 1. The van der Waals surface area contributed by atoms with E-state index in [2.05, 4.69) is 5.32 Å². The van der Waals surface area contributed by atoms with Gasteiger partial charge in [-0.2, -0.15) is 0 Å². The van der Waals surface area contributed by atoms with E-state index >= 15 is 0 Å². The Balaban J connectivity index is 2.33. The molecule has 8 heteroatoms. The normalized spacial score (nSPS) is 12.6. The molecule has 0 unspecified atom stereocenters. The highest BCUT2D eigenvalue weighted by atomic mass is 35.5. The first kappa shape index (κ1) is 19.8. The minimum absolute atomic E-state index is 0.0112. The van der Waals surface area contributed by atoms with Gasteiger partial charge in [0.05, 0.1) is 0 Å². The second-order valence-corrected chi connectivity index (χ2v) is 9.38. The van der Waals surface area contributed by atoms with Crippen molar-refractivity contribution in [2.45, 2.75) is 15.9 Å². The van der Waals surface area contributed by atoms with Crippen molar-refractivity contribution in [3.8, 4) is 0 Å². The van der Waals surface area contributed by atoms with Gasteiger partial charge < -0.3 is 10.2 Å². The Labute approximate surface area is 157 Å². The van der Waals surface area contributed by atoms with Crippen LogP contribution in [0.4, 0.5) is 5.69 Å². The maximum atomic E-state index is 13.0. The number of nitrogens with zero attached hydrogens (tertiary/aromatic N) is 1. The minimum atomic E-state index is -3.60. The molecule has 0 spiro atoms. The Bertz CT molecular complexity index is 788. The molecule has 0 saturated carbocycles. The van der Waals surface area contributed by atoms with Gasteiger partial charge in [0.15, 0.2) is 9.84 Å². The fourth-order valence-electron chi connectivity index (χ4n) is 2.34. The first-order valence-electron chi connectivity index (χ1n) is 7.73. The summed E-state index contributed by atoms with van der Waals surface area (Å²) in [5.74, 6) is -0.0580. The topological polar surface area (TPSA) is 66.5 Å². The van der Waals surface area contributed by atoms with Gasteiger partial charge in [0.2, 0.25) is 5.91 Å². The largest absolute Gasteiger partial charge is 0.378 e. The molecular weight excluding hydrogens is 380 g/mol. The summed E-state index contributed by atoms with van der Waals surface area (Å²) in [6.07, 6.45) is 0.160. The molecule has 1 amide bonds. The summed E-state index contributed by atoms with van der Waals surface area (Å²) in [4.78, 5) is 13.7. The maximum Gasteiger partial charge on any atom is 0.221 e. The number of alkyl halides is 1. The van der Waals surface area contributed by atoms with Crippen LogP contribution in [0.2, 0.25) is 0 Å². The van der Waals surface area contributed by atoms with Gasteiger partial charge in [-0.3, -0.25) is 4.79 Å². The summed E-state index contributed by atoms with van der Waals surface area (Å²) >= 11 is 6.74. The molecular formula is C17H21ClN2O3S2. The summed E-state index contributed by atoms with van der Waals surface area (Å²) in [6.45, 7) is 0.0112. The van der Waals surface area contributed by atoms with Crippen LogP contribution in [0.1, 0.15) is 17.2 Å². The molecule has 0 fully saturated rings. The zero-order chi connectivity index (χ0) is 18.4. The molecule has 136 valence electrons. The van der Waals surface area contributed by atoms with Gasteiger partial charge in [-0.25, -0.2) is 8.42 Å². The SMILES string of the molecule is CN(C)c1ccc([C@@H](CNC(=O)CCCl)S(=O)(=O)c2cccs2)cc1. The van der Waals surface area contributed by atoms with E-state index in [0.29, 0.717) is 9.77 Å². The van der Waals surface area contributed by atoms with Crippen LogP contribution in [0.15, 0.2) is 46.0 Å². The number of halogens is 1. The molecule has 0 bridgehead atoms. The number of nitrogens with one attached hydrogen (secondary N) is 1. The fraction of sp³-hybridized carbons (Fsp3) is 0.353. The number of thiophene rings is 1. The third-order valence-corrected chi connectivity index (χ3v) is 7.46. The molecule has 1 aromatic carbocycles. The van der Waals surface area contributed by atoms with Crippen molar-refractivity contribution in [3.05, 3.63) is 47.3 Å². The third-order valence-electron chi connectivity index (χ3n) is 3.74. The highest BCUT2D eigenvalue weighted by Gasteiger charge is 2.30. The van der Waals surface area contributed by atoms with E-state index < -0.39 is 15.1 Å². The van der Waals surface area contributed by atoms with E-state index in [9.17, 15) is 13.2 Å². The van der Waals surface area contributed by atoms with Crippen LogP contribution in [0.25, 0.3) is 0 Å². The van der Waals surface area contributed by atoms with Crippen molar-refractivity contribution in [1.82, 2.24) is 5.32 Å². The molecule has 2 rings (SSSR count). The predicted octanol–water partition coefficient (Wildman–Crippen LogP) is 3.07. The van der Waals surface area contributed by atoms with Gasteiger partial charge in [0.25, 0.3) is 0 Å². The van der Waals surface area contributed by atoms with E-state index in [-0.39, 0.29) is 24.8 Å². The van der Waals surface area contributed by atoms with Crippen LogP contribution >= 0.6 is 22.9 Å². The Morgan fingerprint density at radius 1 is 1.24 bits per heavy atom. The molecule has 1 N–H and O–H groups in total. The monoisotopic (exact) mass is 400 g/mol. The molecule has 0 aliphatic carbocycles. The smallest absolute Gasteiger partial charge is 0.221 e. The number of amides is 1. The van der Waals surface area contributed by atoms with Crippen LogP contribution in [-0.4, -0.2) is 40.8 Å². The highest BCUT2D eigenvalue weighted by Crippen LogP contribution is 2.32. The van der Waals surface area contributed by atoms with Crippen LogP contribution in [0.3, 0.4) is 0 Å². The van der Waals surface area contributed by atoms with Crippen molar-refractivity contribution >= 4 is 44.4 Å². The van der Waals surface area contributed by atoms with Crippen LogP contribution in [0.5, 0.6) is 0 Å². The number of hydrogen-bond donors (Lipinski definition) is 1. The maximum absolute atomic E-state index is 13.0. The molecule has 1 atom stereocenters. The fourth-order valence-corrected chi connectivity index (χ4v) is 5.38. The Kier molecular flexibility index (Phi) is 6.87. The lowest BCUT2D eigenvalue weighted by Gasteiger charge is -2.19. The molecule has 25 heavy (non-hydrogen) atoms. The zero-order valence-corrected chi connectivity index (χ0v) is 16.5. The van der Waals surface area contributed by atoms with Gasteiger partial charge in [-0.15, -0.1) is 22.9 Å². The number of carbonyl (C=O) groups excluding carboxylic acids is 1. The molecule has 0 aliphatic heterocycles. The van der Waals surface area contributed by atoms with Gasteiger partial charge in [-0.1, -0.05) is 18.2 Å². The molecule has 2 aromatic rings. The summed E-state index contributed by atoms with van der Waals surface area (Å²) in [5.41, 5.74) is 1.62. The second kappa shape index (κ2) is 8.69. The van der Waals surface area contributed by atoms with Gasteiger partial charge in [-0.05, 0) is 29.1 Å². The molecule has 1 heterocycles. The molecule has 0 aliphatic rings. The van der Waals surface area contributed by atoms with Crippen molar-refractivity contribution < 1.29 is 13.2 Å². The van der Waals surface area contributed by atoms with Gasteiger partial charge >= 0.3 is 0 Å². The lowest BCUT2D eigenvalue weighted by Crippen LogP contribution is -2.31. The molecule has 1 aromatic heterocycles. The van der Waals surface area contributed by atoms with Crippen LogP contribution < -0.4 is 10.2 Å². The van der Waals surface area contributed by atoms with E-state index in [1.807, 2.05) is 31.1 Å². The first-order valence-corrected chi connectivity index (χ1v) is 10.7. The van der Waals surface area contributed by atoms with Gasteiger partial charge in [0.1, 0.15) is 9.46 Å². The average Bonchev–Trinajstić information content (AvgIpc) is 3.11. The van der Waals surface area contributed by atoms with Crippen LogP contribution in [-0.2, 0) is 14.6 Å². The predicted molar refractivity (Wildman–Crippen MR) is 103 cm³/mol. The standard InChI is InChI=1S/C17H21ClN2O3S2/c1-20(2)14-7-5-13(6-8-14)15(12-19-16(21)9-10-18)25(22,23)17-4-3-11-24-17/h3-8,11,15H,9-10,12H2,1-2H3,(H,19,21)/t15-/m1/s1. The molecule has 0 saturated heterocycles. The molecule has 0 radical (unpaired) electrons. The summed E-state index contributed by atoms with van der Waals surface area (Å²) in [6, 6.07) is 10.6. The van der Waals surface area contributed by atoms with Crippen LogP contribution in [0, 0.1) is 0 Å². The van der Waals surface area contributed by atoms with Crippen molar-refractivity contribution in [2.75, 3.05) is 31.4 Å². The van der Waals surface area contributed by atoms with Crippen molar-refractivity contribution in [2.24, 2.45) is 0 Å². The van der Waals surface area contributed by atoms with E-state index in [4.69, 9.17) is 11.6 Å². The molecule has 5 nitrogen and oxygen atoms in total. The van der Waals surface area contributed by atoms with Crippen molar-refractivity contribution in [1.29, 1.82) is 0 Å². The second-order valence-electron chi connectivity index (χ2n) is 5.69. The van der Waals surface area contributed by atoms with Crippen molar-refractivity contribution in [3.63, 3.8) is 0 Å². The summed E-state index contributed by atoms with van der Waals surface area (Å²) < 4.78 is 26.3. The number of hydrogen-bond acceptors (Lipinski definition) is 5. The highest BCUT2D eigenvalue weighted by molar-refractivity contribution is 7.93. The lowest BCUT2D eigenvalue weighted by atomic mass is 10.1. The lowest BCUT2D eigenvalue weighted by molar-refractivity contribution is -0.120. The minimum Gasteiger partial charge on any atom is -0.378 e. The van der Waals surface area contributed by atoms with E-state index in [0.717, 1.165) is 5.69 Å². The zero-order valence-electron chi connectivity index (χ0n) is 14.1. The Morgan fingerprint density at radius 3 is 2.44 bits per heavy atom. The average molecular weight is 401 g/mol. The summed E-state index contributed by atoms with van der Waals surface area (Å²) in [5, 5.41) is 3.56. The van der Waals surface area contributed by atoms with E-state index in [1.54, 1.807) is 29.6 Å². The number of rotatable bonds is 8. The number of carbonyl (C=O) groups is 1.